The van der Waals surface area contributed by atoms with Crippen molar-refractivity contribution in [3.63, 3.8) is 0 Å². The Kier molecular flexibility index (Phi) is 9.33. The van der Waals surface area contributed by atoms with Crippen LogP contribution in [0.3, 0.4) is 0 Å². The van der Waals surface area contributed by atoms with E-state index in [1.807, 2.05) is 0 Å². The van der Waals surface area contributed by atoms with E-state index in [4.69, 9.17) is 9.47 Å². The highest BCUT2D eigenvalue weighted by Gasteiger charge is 2.10. The van der Waals surface area contributed by atoms with Crippen molar-refractivity contribution in [2.45, 2.75) is 25.7 Å². The van der Waals surface area contributed by atoms with Crippen LogP contribution in [0.5, 0.6) is 0 Å². The molecule has 0 saturated heterocycles. The monoisotopic (exact) mass is 265 g/mol. The smallest absolute Gasteiger partial charge is 0.0700 e. The van der Waals surface area contributed by atoms with Gasteiger partial charge in [0.2, 0.25) is 0 Å². The molecule has 1 aromatic carbocycles. The van der Waals surface area contributed by atoms with Crippen molar-refractivity contribution in [1.82, 2.24) is 5.32 Å². The molecule has 0 fully saturated rings. The van der Waals surface area contributed by atoms with Crippen molar-refractivity contribution >= 4 is 0 Å². The third-order valence-electron chi connectivity index (χ3n) is 3.13. The zero-order chi connectivity index (χ0) is 13.8. The first kappa shape index (κ1) is 16.2. The first-order valence-corrected chi connectivity index (χ1v) is 7.20. The van der Waals surface area contributed by atoms with Crippen LogP contribution in [0.1, 0.15) is 31.2 Å². The topological polar surface area (TPSA) is 30.5 Å². The second-order valence-electron chi connectivity index (χ2n) is 4.71. The minimum Gasteiger partial charge on any atom is -0.382 e. The van der Waals surface area contributed by atoms with Crippen LogP contribution >= 0.6 is 0 Å². The summed E-state index contributed by atoms with van der Waals surface area (Å²) in [4.78, 5) is 0. The third-order valence-corrected chi connectivity index (χ3v) is 3.13. The van der Waals surface area contributed by atoms with Gasteiger partial charge in [0.1, 0.15) is 0 Å². The van der Waals surface area contributed by atoms with Gasteiger partial charge >= 0.3 is 0 Å². The Labute approximate surface area is 117 Å². The molecule has 1 aromatic rings. The van der Waals surface area contributed by atoms with Gasteiger partial charge in [0.05, 0.1) is 13.2 Å². The molecule has 0 heterocycles. The molecule has 0 aliphatic rings. The lowest BCUT2D eigenvalue weighted by molar-refractivity contribution is 0.0670. The predicted octanol–water partition coefficient (Wildman–Crippen LogP) is 2.82. The van der Waals surface area contributed by atoms with E-state index in [2.05, 4.69) is 42.6 Å². The molecule has 0 amide bonds. The van der Waals surface area contributed by atoms with E-state index >= 15 is 0 Å². The van der Waals surface area contributed by atoms with Gasteiger partial charge in [-0.3, -0.25) is 0 Å². The van der Waals surface area contributed by atoms with Crippen molar-refractivity contribution in [2.24, 2.45) is 0 Å². The highest BCUT2D eigenvalue weighted by molar-refractivity contribution is 5.19. The maximum absolute atomic E-state index is 5.58. The lowest BCUT2D eigenvalue weighted by Crippen LogP contribution is -2.23. The molecule has 0 aromatic heterocycles. The maximum atomic E-state index is 5.58. The van der Waals surface area contributed by atoms with Crippen molar-refractivity contribution in [3.05, 3.63) is 35.9 Å². The lowest BCUT2D eigenvalue weighted by atomic mass is 9.96. The summed E-state index contributed by atoms with van der Waals surface area (Å²) in [5, 5.41) is 3.51. The average Bonchev–Trinajstić information content (AvgIpc) is 2.46. The summed E-state index contributed by atoms with van der Waals surface area (Å²) in [5.74, 6) is 0.523. The Morgan fingerprint density at radius 3 is 2.58 bits per heavy atom. The molecule has 0 aliphatic heterocycles. The lowest BCUT2D eigenvalue weighted by Gasteiger charge is -2.18. The van der Waals surface area contributed by atoms with Gasteiger partial charge in [-0.2, -0.15) is 0 Å². The maximum Gasteiger partial charge on any atom is 0.0700 e. The minimum atomic E-state index is 0.523. The van der Waals surface area contributed by atoms with Crippen LogP contribution in [-0.4, -0.2) is 40.0 Å². The second kappa shape index (κ2) is 11.0. The number of nitrogens with one attached hydrogen (secondary N) is 1. The number of benzene rings is 1. The van der Waals surface area contributed by atoms with Gasteiger partial charge in [0.25, 0.3) is 0 Å². The van der Waals surface area contributed by atoms with Crippen LogP contribution in [0, 0.1) is 0 Å². The van der Waals surface area contributed by atoms with E-state index in [-0.39, 0.29) is 0 Å². The van der Waals surface area contributed by atoms with E-state index in [9.17, 15) is 0 Å². The molecule has 19 heavy (non-hydrogen) atoms. The van der Waals surface area contributed by atoms with E-state index in [0.29, 0.717) is 19.1 Å². The minimum absolute atomic E-state index is 0.523. The Morgan fingerprint density at radius 1 is 1.11 bits per heavy atom. The highest BCUT2D eigenvalue weighted by Crippen LogP contribution is 2.18. The Bertz CT molecular complexity index is 303. The standard InChI is InChI=1S/C16H27NO2/c1-3-10-17-14-16(9-11-19-13-12-18-2)15-7-5-4-6-8-15/h4-8,16-17H,3,9-14H2,1-2H3. The van der Waals surface area contributed by atoms with Gasteiger partial charge in [-0.25, -0.2) is 0 Å². The molecule has 3 heteroatoms. The van der Waals surface area contributed by atoms with Crippen molar-refractivity contribution < 1.29 is 9.47 Å². The van der Waals surface area contributed by atoms with Crippen LogP contribution in [0.25, 0.3) is 0 Å². The highest BCUT2D eigenvalue weighted by atomic mass is 16.5. The van der Waals surface area contributed by atoms with E-state index in [1.165, 1.54) is 12.0 Å². The van der Waals surface area contributed by atoms with Crippen LogP contribution in [0.2, 0.25) is 0 Å². The normalized spacial score (nSPS) is 12.5. The zero-order valence-corrected chi connectivity index (χ0v) is 12.2. The molecule has 1 rings (SSSR count). The van der Waals surface area contributed by atoms with Crippen LogP contribution < -0.4 is 5.32 Å². The molecule has 0 bridgehead atoms. The number of methoxy groups -OCH3 is 1. The van der Waals surface area contributed by atoms with Gasteiger partial charge < -0.3 is 14.8 Å². The Morgan fingerprint density at radius 2 is 1.89 bits per heavy atom. The number of rotatable bonds is 11. The van der Waals surface area contributed by atoms with Crippen LogP contribution in [-0.2, 0) is 9.47 Å². The summed E-state index contributed by atoms with van der Waals surface area (Å²) in [6.45, 7) is 6.43. The van der Waals surface area contributed by atoms with Crippen molar-refractivity contribution in [1.29, 1.82) is 0 Å². The predicted molar refractivity (Wildman–Crippen MR) is 79.7 cm³/mol. The van der Waals surface area contributed by atoms with Gasteiger partial charge in [-0.15, -0.1) is 0 Å². The summed E-state index contributed by atoms with van der Waals surface area (Å²) >= 11 is 0. The Balaban J connectivity index is 2.36. The molecule has 1 N–H and O–H groups in total. The number of hydrogen-bond acceptors (Lipinski definition) is 3. The summed E-state index contributed by atoms with van der Waals surface area (Å²) in [7, 11) is 1.70. The molecule has 0 radical (unpaired) electrons. The first-order valence-electron chi connectivity index (χ1n) is 7.20. The summed E-state index contributed by atoms with van der Waals surface area (Å²) in [6, 6.07) is 10.7. The molecular weight excluding hydrogens is 238 g/mol. The fraction of sp³-hybridized carbons (Fsp3) is 0.625. The van der Waals surface area contributed by atoms with Gasteiger partial charge in [-0.1, -0.05) is 37.3 Å². The first-order chi connectivity index (χ1) is 9.38. The fourth-order valence-corrected chi connectivity index (χ4v) is 2.03. The van der Waals surface area contributed by atoms with Crippen LogP contribution in [0.15, 0.2) is 30.3 Å². The van der Waals surface area contributed by atoms with Gasteiger partial charge in [0.15, 0.2) is 0 Å². The van der Waals surface area contributed by atoms with Gasteiger partial charge in [-0.05, 0) is 30.9 Å². The second-order valence-corrected chi connectivity index (χ2v) is 4.71. The van der Waals surface area contributed by atoms with Gasteiger partial charge in [0, 0.05) is 20.3 Å². The molecule has 0 aliphatic carbocycles. The molecule has 1 atom stereocenters. The number of hydrogen-bond donors (Lipinski definition) is 1. The summed E-state index contributed by atoms with van der Waals surface area (Å²) in [6.07, 6.45) is 2.22. The van der Waals surface area contributed by atoms with Crippen molar-refractivity contribution in [2.75, 3.05) is 40.0 Å². The molecule has 0 spiro atoms. The summed E-state index contributed by atoms with van der Waals surface area (Å²) in [5.41, 5.74) is 1.39. The Hall–Kier alpha value is -0.900. The molecule has 3 nitrogen and oxygen atoms in total. The third kappa shape index (κ3) is 7.31. The van der Waals surface area contributed by atoms with Crippen LogP contribution in [0.4, 0.5) is 0 Å². The van der Waals surface area contributed by atoms with E-state index < -0.39 is 0 Å². The summed E-state index contributed by atoms with van der Waals surface area (Å²) < 4.78 is 10.6. The molecular formula is C16H27NO2. The molecule has 108 valence electrons. The largest absolute Gasteiger partial charge is 0.382 e. The molecule has 0 saturated carbocycles. The molecule has 1 unspecified atom stereocenters. The average molecular weight is 265 g/mol. The quantitative estimate of drug-likeness (QED) is 0.624. The van der Waals surface area contributed by atoms with Crippen molar-refractivity contribution in [3.8, 4) is 0 Å². The van der Waals surface area contributed by atoms with E-state index in [0.717, 1.165) is 26.1 Å². The SMILES string of the molecule is CCCNCC(CCOCCOC)c1ccccc1. The fourth-order valence-electron chi connectivity index (χ4n) is 2.03. The number of ether oxygens (including phenoxy) is 2. The zero-order valence-electron chi connectivity index (χ0n) is 12.2. The van der Waals surface area contributed by atoms with E-state index in [1.54, 1.807) is 7.11 Å².